The van der Waals surface area contributed by atoms with Crippen LogP contribution in [0, 0.1) is 6.92 Å². The number of hydrogen-bond acceptors (Lipinski definition) is 4. The fourth-order valence-corrected chi connectivity index (χ4v) is 4.90. The quantitative estimate of drug-likeness (QED) is 0.742. The second kappa shape index (κ2) is 6.74. The van der Waals surface area contributed by atoms with Gasteiger partial charge in [0.1, 0.15) is 0 Å². The Bertz CT molecular complexity index is 1080. The Morgan fingerprint density at radius 1 is 1.16 bits per heavy atom. The molecule has 0 aliphatic carbocycles. The Morgan fingerprint density at radius 2 is 1.88 bits per heavy atom. The first-order chi connectivity index (χ1) is 11.8. The number of benzene rings is 2. The number of hydrogen-bond donors (Lipinski definition) is 1. The van der Waals surface area contributed by atoms with Crippen LogP contribution in [0.5, 0.6) is 0 Å². The van der Waals surface area contributed by atoms with Crippen molar-refractivity contribution in [2.75, 3.05) is 0 Å². The normalized spacial score (nSPS) is 12.2. The van der Waals surface area contributed by atoms with Gasteiger partial charge in [-0.2, -0.15) is 0 Å². The summed E-state index contributed by atoms with van der Waals surface area (Å²) in [5.74, 6) is 0. The zero-order valence-corrected chi connectivity index (χ0v) is 15.9. The Labute approximate surface area is 151 Å². The third-order valence-electron chi connectivity index (χ3n) is 4.13. The fraction of sp³-hybridized carbons (Fsp3) is 0.278. The highest BCUT2D eigenvalue weighted by Crippen LogP contribution is 2.24. The van der Waals surface area contributed by atoms with E-state index in [-0.39, 0.29) is 22.4 Å². The summed E-state index contributed by atoms with van der Waals surface area (Å²) < 4.78 is 30.2. The lowest BCUT2D eigenvalue weighted by molar-refractivity contribution is 0.581. The maximum atomic E-state index is 12.6. The molecule has 5 nitrogen and oxygen atoms in total. The van der Waals surface area contributed by atoms with E-state index in [0.29, 0.717) is 4.70 Å². The van der Waals surface area contributed by atoms with E-state index < -0.39 is 10.0 Å². The molecular weight excluding hydrogens is 356 g/mol. The molecule has 3 rings (SSSR count). The number of nitrogens with one attached hydrogen (secondary N) is 1. The Morgan fingerprint density at radius 3 is 2.56 bits per heavy atom. The van der Waals surface area contributed by atoms with Crippen LogP contribution >= 0.6 is 11.3 Å². The molecule has 1 aromatic heterocycles. The van der Waals surface area contributed by atoms with Gasteiger partial charge >= 0.3 is 4.87 Å². The van der Waals surface area contributed by atoms with Crippen LogP contribution in [-0.4, -0.2) is 13.0 Å². The summed E-state index contributed by atoms with van der Waals surface area (Å²) in [6, 6.07) is 12.5. The van der Waals surface area contributed by atoms with Gasteiger partial charge in [0, 0.05) is 12.6 Å². The van der Waals surface area contributed by atoms with E-state index in [0.717, 1.165) is 28.0 Å². The summed E-state index contributed by atoms with van der Waals surface area (Å²) >= 11 is 1.07. The van der Waals surface area contributed by atoms with E-state index >= 15 is 0 Å². The standard InChI is InChI=1S/C18H20N2O3S2/c1-12(2)20-16-9-8-15(10-17(16)24-18(20)21)25(22,23)19-11-14-7-5-4-6-13(14)3/h4-10,12,19H,11H2,1-3H3. The van der Waals surface area contributed by atoms with Crippen LogP contribution < -0.4 is 9.60 Å². The van der Waals surface area contributed by atoms with Crippen LogP contribution in [0.2, 0.25) is 0 Å². The Balaban J connectivity index is 1.92. The number of thiazole rings is 1. The molecule has 0 unspecified atom stereocenters. The van der Waals surface area contributed by atoms with Gasteiger partial charge in [0.05, 0.1) is 15.1 Å². The van der Waals surface area contributed by atoms with Gasteiger partial charge in [-0.1, -0.05) is 35.6 Å². The molecule has 0 amide bonds. The zero-order valence-electron chi connectivity index (χ0n) is 14.3. The molecule has 3 aromatic rings. The first-order valence-electron chi connectivity index (χ1n) is 7.99. The van der Waals surface area contributed by atoms with Crippen LogP contribution in [0.4, 0.5) is 0 Å². The lowest BCUT2D eigenvalue weighted by atomic mass is 10.1. The molecule has 25 heavy (non-hydrogen) atoms. The van der Waals surface area contributed by atoms with Gasteiger partial charge in [-0.25, -0.2) is 13.1 Å². The van der Waals surface area contributed by atoms with Crippen LogP contribution in [0.25, 0.3) is 10.2 Å². The monoisotopic (exact) mass is 376 g/mol. The van der Waals surface area contributed by atoms with Crippen molar-refractivity contribution in [1.82, 2.24) is 9.29 Å². The summed E-state index contributed by atoms with van der Waals surface area (Å²) in [7, 11) is -3.65. The summed E-state index contributed by atoms with van der Waals surface area (Å²) in [6.07, 6.45) is 0. The molecule has 0 saturated heterocycles. The van der Waals surface area contributed by atoms with E-state index in [1.165, 1.54) is 0 Å². The zero-order chi connectivity index (χ0) is 18.2. The molecule has 0 fully saturated rings. The summed E-state index contributed by atoms with van der Waals surface area (Å²) in [5.41, 5.74) is 2.73. The third kappa shape index (κ3) is 3.53. The third-order valence-corrected chi connectivity index (χ3v) is 6.44. The minimum atomic E-state index is -3.65. The Hall–Kier alpha value is -1.96. The van der Waals surface area contributed by atoms with Gasteiger partial charge in [-0.05, 0) is 50.1 Å². The van der Waals surface area contributed by atoms with Gasteiger partial charge in [0.25, 0.3) is 0 Å². The second-order valence-corrected chi connectivity index (χ2v) is 8.97. The van der Waals surface area contributed by atoms with Crippen molar-refractivity contribution in [3.05, 3.63) is 63.3 Å². The lowest BCUT2D eigenvalue weighted by Gasteiger charge is -2.10. The molecule has 0 atom stereocenters. The Kier molecular flexibility index (Phi) is 4.81. The predicted octanol–water partition coefficient (Wildman–Crippen LogP) is 3.43. The van der Waals surface area contributed by atoms with Crippen LogP contribution in [0.1, 0.15) is 31.0 Å². The molecule has 1 heterocycles. The average Bonchev–Trinajstić information content (AvgIpc) is 2.89. The van der Waals surface area contributed by atoms with Gasteiger partial charge in [0.15, 0.2) is 0 Å². The summed E-state index contributed by atoms with van der Waals surface area (Å²) in [4.78, 5) is 12.2. The largest absolute Gasteiger partial charge is 0.308 e. The fourth-order valence-electron chi connectivity index (χ4n) is 2.74. The van der Waals surface area contributed by atoms with Gasteiger partial charge in [0.2, 0.25) is 10.0 Å². The summed E-state index contributed by atoms with van der Waals surface area (Å²) in [6.45, 7) is 6.04. The van der Waals surface area contributed by atoms with Crippen molar-refractivity contribution < 1.29 is 8.42 Å². The average molecular weight is 377 g/mol. The van der Waals surface area contributed by atoms with E-state index in [2.05, 4.69) is 4.72 Å². The van der Waals surface area contributed by atoms with Gasteiger partial charge in [-0.15, -0.1) is 0 Å². The molecular formula is C18H20N2O3S2. The first-order valence-corrected chi connectivity index (χ1v) is 10.3. The molecule has 132 valence electrons. The number of aromatic nitrogens is 1. The number of rotatable bonds is 5. The van der Waals surface area contributed by atoms with Crippen molar-refractivity contribution in [2.24, 2.45) is 0 Å². The maximum absolute atomic E-state index is 12.6. The lowest BCUT2D eigenvalue weighted by Crippen LogP contribution is -2.23. The predicted molar refractivity (Wildman–Crippen MR) is 102 cm³/mol. The van der Waals surface area contributed by atoms with Crippen molar-refractivity contribution in [3.8, 4) is 0 Å². The SMILES string of the molecule is Cc1ccccc1CNS(=O)(=O)c1ccc2c(c1)sc(=O)n2C(C)C. The molecule has 7 heteroatoms. The highest BCUT2D eigenvalue weighted by Gasteiger charge is 2.17. The minimum absolute atomic E-state index is 0.0305. The number of aryl methyl sites for hydroxylation is 1. The molecule has 0 spiro atoms. The number of nitrogens with zero attached hydrogens (tertiary/aromatic N) is 1. The molecule has 2 aromatic carbocycles. The van der Waals surface area contributed by atoms with Gasteiger partial charge in [-0.3, -0.25) is 9.36 Å². The van der Waals surface area contributed by atoms with Crippen molar-refractivity contribution in [1.29, 1.82) is 0 Å². The van der Waals surface area contributed by atoms with Crippen molar-refractivity contribution in [2.45, 2.75) is 38.3 Å². The summed E-state index contributed by atoms with van der Waals surface area (Å²) in [5, 5.41) is 0. The van der Waals surface area contributed by atoms with Crippen molar-refractivity contribution >= 4 is 31.6 Å². The second-order valence-electron chi connectivity index (χ2n) is 6.21. The van der Waals surface area contributed by atoms with Crippen LogP contribution in [-0.2, 0) is 16.6 Å². The smallest absolute Gasteiger partial charge is 0.296 e. The first kappa shape index (κ1) is 17.8. The molecule has 0 aliphatic rings. The molecule has 0 bridgehead atoms. The maximum Gasteiger partial charge on any atom is 0.308 e. The van der Waals surface area contributed by atoms with Crippen LogP contribution in [0.3, 0.4) is 0 Å². The van der Waals surface area contributed by atoms with Gasteiger partial charge < -0.3 is 0 Å². The van der Waals surface area contributed by atoms with E-state index in [1.54, 1.807) is 22.8 Å². The molecule has 1 N–H and O–H groups in total. The van der Waals surface area contributed by atoms with E-state index in [9.17, 15) is 13.2 Å². The number of fused-ring (bicyclic) bond motifs is 1. The molecule has 0 saturated carbocycles. The molecule has 0 aliphatic heterocycles. The van der Waals surface area contributed by atoms with E-state index in [4.69, 9.17) is 0 Å². The highest BCUT2D eigenvalue weighted by molar-refractivity contribution is 7.89. The topological polar surface area (TPSA) is 68.2 Å². The highest BCUT2D eigenvalue weighted by atomic mass is 32.2. The molecule has 0 radical (unpaired) electrons. The van der Waals surface area contributed by atoms with E-state index in [1.807, 2.05) is 45.0 Å². The van der Waals surface area contributed by atoms with Crippen LogP contribution in [0.15, 0.2) is 52.2 Å². The number of sulfonamides is 1. The van der Waals surface area contributed by atoms with Crippen molar-refractivity contribution in [3.63, 3.8) is 0 Å². The minimum Gasteiger partial charge on any atom is -0.296 e.